The second-order valence-corrected chi connectivity index (χ2v) is 13.0. The van der Waals surface area contributed by atoms with Crippen LogP contribution in [0.5, 0.6) is 0 Å². The van der Waals surface area contributed by atoms with E-state index < -0.39 is 11.2 Å². The van der Waals surface area contributed by atoms with Gasteiger partial charge in [0.15, 0.2) is 0 Å². The van der Waals surface area contributed by atoms with Gasteiger partial charge >= 0.3 is 5.76 Å². The maximum absolute atomic E-state index is 13.9. The second-order valence-electron chi connectivity index (χ2n) is 13.0. The van der Waals surface area contributed by atoms with Crippen molar-refractivity contribution < 1.29 is 13.9 Å². The van der Waals surface area contributed by atoms with E-state index in [9.17, 15) is 9.59 Å². The molecule has 0 radical (unpaired) electrons. The average Bonchev–Trinajstić information content (AvgIpc) is 3.77. The van der Waals surface area contributed by atoms with Crippen molar-refractivity contribution in [3.8, 4) is 11.5 Å². The number of benzene rings is 2. The van der Waals surface area contributed by atoms with Gasteiger partial charge in [-0.2, -0.15) is 4.68 Å². The Morgan fingerprint density at radius 2 is 1.74 bits per heavy atom. The van der Waals surface area contributed by atoms with Gasteiger partial charge in [0.25, 0.3) is 0 Å². The molecule has 12 heteroatoms. The molecule has 1 spiro atoms. The van der Waals surface area contributed by atoms with Crippen LogP contribution >= 0.6 is 0 Å². The van der Waals surface area contributed by atoms with Crippen molar-refractivity contribution in [1.82, 2.24) is 24.5 Å². The lowest BCUT2D eigenvalue weighted by Crippen LogP contribution is -2.41. The molecule has 0 bridgehead atoms. The number of morpholine rings is 1. The third-order valence-corrected chi connectivity index (χ3v) is 10.1. The Balaban J connectivity index is 0.946. The number of amides is 1. The molecule has 1 aromatic heterocycles. The summed E-state index contributed by atoms with van der Waals surface area (Å²) >= 11 is 0. The number of nitrogen functional groups attached to an aromatic ring is 1. The van der Waals surface area contributed by atoms with Crippen LogP contribution in [-0.4, -0.2) is 102 Å². The summed E-state index contributed by atoms with van der Waals surface area (Å²) in [5, 5.41) is 12.9. The number of rotatable bonds is 7. The maximum atomic E-state index is 13.9. The highest BCUT2D eigenvalue weighted by atomic mass is 16.5. The number of carbonyl (C=O) groups is 1. The van der Waals surface area contributed by atoms with E-state index in [2.05, 4.69) is 27.6 Å². The minimum Gasteiger partial charge on any atom is -0.398 e. The van der Waals surface area contributed by atoms with Crippen LogP contribution < -0.4 is 16.4 Å². The van der Waals surface area contributed by atoms with Crippen LogP contribution in [0.4, 0.5) is 11.4 Å². The first-order chi connectivity index (χ1) is 22.7. The van der Waals surface area contributed by atoms with E-state index in [4.69, 9.17) is 20.3 Å². The average molecular weight is 639 g/mol. The molecule has 3 fully saturated rings. The Bertz CT molecular complexity index is 1790. The van der Waals surface area contributed by atoms with Gasteiger partial charge in [0.05, 0.1) is 18.6 Å². The normalized spacial score (nSPS) is 21.9. The van der Waals surface area contributed by atoms with Crippen LogP contribution in [0, 0.1) is 10.8 Å². The van der Waals surface area contributed by atoms with E-state index in [1.54, 1.807) is 7.05 Å². The molecule has 246 valence electrons. The zero-order valence-corrected chi connectivity index (χ0v) is 26.9. The topological polar surface area (TPSA) is 137 Å². The molecule has 2 aromatic carbocycles. The van der Waals surface area contributed by atoms with Gasteiger partial charge in [0, 0.05) is 81.1 Å². The van der Waals surface area contributed by atoms with E-state index in [1.165, 1.54) is 10.3 Å². The first-order valence-corrected chi connectivity index (χ1v) is 16.3. The number of hydrogen-bond donors (Lipinski definition) is 2. The van der Waals surface area contributed by atoms with Gasteiger partial charge in [-0.3, -0.25) is 15.1 Å². The standard InChI is InChI=1S/C35H42N8O4/c1-24(41-13-9-26(10-14-41)25-3-5-27(6-4-25)32-38-39(2)34(45)47-32)22-40-15-11-35(23-40)12-16-43(33(35)44)28-7-8-30(36)29(21-28)31(37)42-17-19-46-20-18-42/h3-9,21,37H,1,10-20,22-23,36H2,2H3/t35-/m0/s1. The molecule has 12 nitrogen and oxygen atoms in total. The molecular weight excluding hydrogens is 596 g/mol. The molecule has 0 aliphatic carbocycles. The molecule has 47 heavy (non-hydrogen) atoms. The summed E-state index contributed by atoms with van der Waals surface area (Å²) in [6.45, 7) is 11.6. The summed E-state index contributed by atoms with van der Waals surface area (Å²) in [4.78, 5) is 34.1. The molecule has 3 aromatic rings. The Kier molecular flexibility index (Phi) is 8.23. The predicted molar refractivity (Wildman–Crippen MR) is 181 cm³/mol. The van der Waals surface area contributed by atoms with Crippen molar-refractivity contribution in [2.45, 2.75) is 19.3 Å². The molecule has 5 heterocycles. The predicted octanol–water partition coefficient (Wildman–Crippen LogP) is 3.01. The monoisotopic (exact) mass is 638 g/mol. The van der Waals surface area contributed by atoms with E-state index in [-0.39, 0.29) is 5.91 Å². The minimum atomic E-state index is -0.477. The lowest BCUT2D eigenvalue weighted by atomic mass is 9.85. The summed E-state index contributed by atoms with van der Waals surface area (Å²) in [7, 11) is 1.57. The van der Waals surface area contributed by atoms with Crippen LogP contribution in [0.25, 0.3) is 17.0 Å². The van der Waals surface area contributed by atoms with Crippen molar-refractivity contribution in [1.29, 1.82) is 5.41 Å². The summed E-state index contributed by atoms with van der Waals surface area (Å²) < 4.78 is 11.8. The molecule has 0 unspecified atom stereocenters. The van der Waals surface area contributed by atoms with Crippen LogP contribution in [0.1, 0.15) is 30.4 Å². The van der Waals surface area contributed by atoms with Gasteiger partial charge in [0.1, 0.15) is 5.84 Å². The fourth-order valence-electron chi connectivity index (χ4n) is 7.28. The fourth-order valence-corrected chi connectivity index (χ4v) is 7.28. The highest BCUT2D eigenvalue weighted by molar-refractivity contribution is 6.05. The molecule has 4 aliphatic heterocycles. The molecule has 7 rings (SSSR count). The zero-order valence-electron chi connectivity index (χ0n) is 26.9. The minimum absolute atomic E-state index is 0.168. The van der Waals surface area contributed by atoms with Crippen molar-refractivity contribution in [3.63, 3.8) is 0 Å². The molecule has 3 saturated heterocycles. The van der Waals surface area contributed by atoms with E-state index in [1.807, 2.05) is 52.3 Å². The highest BCUT2D eigenvalue weighted by Gasteiger charge is 2.51. The number of aryl methyl sites for hydroxylation is 1. The third-order valence-electron chi connectivity index (χ3n) is 10.1. The first kappa shape index (κ1) is 30.9. The smallest absolute Gasteiger partial charge is 0.398 e. The number of carbonyl (C=O) groups excluding carboxylic acids is 1. The second kappa shape index (κ2) is 12.5. The molecule has 0 saturated carbocycles. The third kappa shape index (κ3) is 5.98. The Morgan fingerprint density at radius 3 is 2.45 bits per heavy atom. The van der Waals surface area contributed by atoms with Crippen LogP contribution in [0.15, 0.2) is 70.0 Å². The van der Waals surface area contributed by atoms with Crippen molar-refractivity contribution in [2.24, 2.45) is 12.5 Å². The zero-order chi connectivity index (χ0) is 32.7. The van der Waals surface area contributed by atoms with Gasteiger partial charge in [-0.25, -0.2) is 4.79 Å². The molecular formula is C35H42N8O4. The van der Waals surface area contributed by atoms with Crippen LogP contribution in [0.2, 0.25) is 0 Å². The maximum Gasteiger partial charge on any atom is 0.437 e. The lowest BCUT2D eigenvalue weighted by molar-refractivity contribution is -0.125. The number of hydrogen-bond acceptors (Lipinski definition) is 9. The van der Waals surface area contributed by atoms with Gasteiger partial charge in [-0.05, 0) is 67.3 Å². The Labute approximate surface area is 274 Å². The number of aromatic nitrogens is 2. The van der Waals surface area contributed by atoms with E-state index in [0.717, 1.165) is 74.5 Å². The molecule has 3 N–H and O–H groups in total. The number of ether oxygens (including phenoxy) is 1. The molecule has 1 atom stereocenters. The highest BCUT2D eigenvalue weighted by Crippen LogP contribution is 2.43. The SMILES string of the molecule is C=C(CN1CC[C@]2(CCN(c3ccc(N)c(C(=N)N4CCOCC4)c3)C2=O)C1)N1CC=C(c2ccc(-c3nn(C)c(=O)o3)cc2)CC1. The first-order valence-electron chi connectivity index (χ1n) is 16.3. The summed E-state index contributed by atoms with van der Waals surface area (Å²) in [6.07, 6.45) is 4.81. The summed E-state index contributed by atoms with van der Waals surface area (Å²) in [5.41, 5.74) is 12.2. The summed E-state index contributed by atoms with van der Waals surface area (Å²) in [5.74, 6) is 0.394. The fraction of sp³-hybridized carbons (Fsp3) is 0.429. The van der Waals surface area contributed by atoms with Crippen molar-refractivity contribution >= 4 is 28.7 Å². The van der Waals surface area contributed by atoms with Crippen LogP contribution in [0.3, 0.4) is 0 Å². The Hall–Kier alpha value is -4.68. The number of nitrogens with two attached hydrogens (primary N) is 1. The van der Waals surface area contributed by atoms with Gasteiger partial charge in [-0.1, -0.05) is 24.8 Å². The number of nitrogens with one attached hydrogen (secondary N) is 1. The quantitative estimate of drug-likeness (QED) is 0.227. The number of anilines is 2. The Morgan fingerprint density at radius 1 is 1.00 bits per heavy atom. The van der Waals surface area contributed by atoms with Gasteiger partial charge in [-0.15, -0.1) is 5.10 Å². The number of likely N-dealkylation sites (tertiary alicyclic amines) is 1. The summed E-state index contributed by atoms with van der Waals surface area (Å²) in [6, 6.07) is 13.6. The number of nitrogens with zero attached hydrogens (tertiary/aromatic N) is 6. The van der Waals surface area contributed by atoms with Crippen LogP contribution in [-0.2, 0) is 16.6 Å². The van der Waals surface area contributed by atoms with Crippen molar-refractivity contribution in [3.05, 3.63) is 82.5 Å². The molecule has 4 aliphatic rings. The van der Waals surface area contributed by atoms with Gasteiger partial charge in [0.2, 0.25) is 11.8 Å². The lowest BCUT2D eigenvalue weighted by Gasteiger charge is -2.32. The van der Waals surface area contributed by atoms with E-state index >= 15 is 0 Å². The number of amidine groups is 1. The largest absolute Gasteiger partial charge is 0.437 e. The van der Waals surface area contributed by atoms with E-state index in [0.29, 0.717) is 55.8 Å². The van der Waals surface area contributed by atoms with Crippen molar-refractivity contribution in [2.75, 3.05) is 76.2 Å². The van der Waals surface area contributed by atoms with Gasteiger partial charge < -0.3 is 29.6 Å². The molecule has 1 amide bonds.